The van der Waals surface area contributed by atoms with E-state index >= 15 is 0 Å². The van der Waals surface area contributed by atoms with Gasteiger partial charge in [-0.05, 0) is 0 Å². The summed E-state index contributed by atoms with van der Waals surface area (Å²) in [6.45, 7) is 1.75. The molecule has 0 fully saturated rings. The molecule has 1 aliphatic heterocycles. The van der Waals surface area contributed by atoms with Crippen molar-refractivity contribution in [3.63, 3.8) is 0 Å². The lowest BCUT2D eigenvalue weighted by atomic mass is 10.1. The van der Waals surface area contributed by atoms with Crippen LogP contribution < -0.4 is 5.73 Å². The minimum absolute atomic E-state index is 0.0995. The normalized spacial score (nSPS) is 15.1. The predicted molar refractivity (Wildman–Crippen MR) is 53.0 cm³/mol. The molecule has 0 atom stereocenters. The summed E-state index contributed by atoms with van der Waals surface area (Å²) in [6.07, 6.45) is 2.45. The van der Waals surface area contributed by atoms with E-state index in [-0.39, 0.29) is 6.61 Å². The van der Waals surface area contributed by atoms with Gasteiger partial charge in [-0.3, -0.25) is 0 Å². The van der Waals surface area contributed by atoms with E-state index in [1.54, 1.807) is 11.2 Å². The molecule has 2 rings (SSSR count). The van der Waals surface area contributed by atoms with Crippen LogP contribution in [0.5, 0.6) is 0 Å². The average Bonchev–Trinajstić information content (AvgIpc) is 2.61. The second kappa shape index (κ2) is 3.90. The van der Waals surface area contributed by atoms with Crippen LogP contribution >= 0.6 is 0 Å². The molecule has 1 aromatic heterocycles. The van der Waals surface area contributed by atoms with Gasteiger partial charge >= 0.3 is 6.03 Å². The molecule has 3 N–H and O–H groups in total. The van der Waals surface area contributed by atoms with Gasteiger partial charge in [0.25, 0.3) is 0 Å². The maximum Gasteiger partial charge on any atom is 0.315 e. The van der Waals surface area contributed by atoms with Crippen LogP contribution in [0.4, 0.5) is 4.79 Å². The zero-order valence-corrected chi connectivity index (χ0v) is 8.39. The topological polar surface area (TPSA) is 84.4 Å². The highest BCUT2D eigenvalue weighted by Gasteiger charge is 2.22. The van der Waals surface area contributed by atoms with Crippen molar-refractivity contribution in [2.75, 3.05) is 13.2 Å². The summed E-state index contributed by atoms with van der Waals surface area (Å²) in [5.74, 6) is 0. The molecule has 0 radical (unpaired) electrons. The van der Waals surface area contributed by atoms with E-state index in [9.17, 15) is 4.79 Å². The van der Waals surface area contributed by atoms with E-state index in [0.29, 0.717) is 19.6 Å². The number of nitrogens with two attached hydrogens (primary N) is 1. The molecule has 82 valence electrons. The molecule has 6 heteroatoms. The SMILES string of the molecule is NC(=O)N1CCc2c(ncn2CCO)C1. The number of amides is 2. The fourth-order valence-electron chi connectivity index (χ4n) is 1.86. The zero-order valence-electron chi connectivity index (χ0n) is 8.39. The summed E-state index contributed by atoms with van der Waals surface area (Å²) >= 11 is 0. The van der Waals surface area contributed by atoms with Crippen LogP contribution in [0.2, 0.25) is 0 Å². The van der Waals surface area contributed by atoms with Crippen LogP contribution in [0.25, 0.3) is 0 Å². The molecule has 0 saturated heterocycles. The zero-order chi connectivity index (χ0) is 10.8. The van der Waals surface area contributed by atoms with Gasteiger partial charge in [-0.25, -0.2) is 9.78 Å². The van der Waals surface area contributed by atoms with Crippen molar-refractivity contribution in [2.45, 2.75) is 19.5 Å². The summed E-state index contributed by atoms with van der Waals surface area (Å²) in [5, 5.41) is 8.85. The Morgan fingerprint density at radius 3 is 3.13 bits per heavy atom. The molecular formula is C9H14N4O2. The number of rotatable bonds is 2. The molecule has 0 unspecified atom stereocenters. The highest BCUT2D eigenvalue weighted by molar-refractivity contribution is 5.72. The van der Waals surface area contributed by atoms with E-state index < -0.39 is 6.03 Å². The molecule has 0 aliphatic carbocycles. The van der Waals surface area contributed by atoms with Gasteiger partial charge in [0, 0.05) is 25.2 Å². The van der Waals surface area contributed by atoms with Crippen LogP contribution in [-0.4, -0.2) is 38.7 Å². The second-order valence-electron chi connectivity index (χ2n) is 3.56. The third-order valence-electron chi connectivity index (χ3n) is 2.64. The Balaban J connectivity index is 2.18. The van der Waals surface area contributed by atoms with E-state index in [1.807, 2.05) is 4.57 Å². The summed E-state index contributed by atoms with van der Waals surface area (Å²) < 4.78 is 1.92. The molecule has 2 amide bonds. The number of fused-ring (bicyclic) bond motifs is 1. The Labute approximate surface area is 87.3 Å². The minimum atomic E-state index is -0.405. The fraction of sp³-hybridized carbons (Fsp3) is 0.556. The monoisotopic (exact) mass is 210 g/mol. The molecule has 0 bridgehead atoms. The highest BCUT2D eigenvalue weighted by atomic mass is 16.3. The smallest absolute Gasteiger partial charge is 0.315 e. The summed E-state index contributed by atoms with van der Waals surface area (Å²) in [7, 11) is 0. The van der Waals surface area contributed by atoms with Crippen LogP contribution in [-0.2, 0) is 19.5 Å². The quantitative estimate of drug-likeness (QED) is 0.677. The van der Waals surface area contributed by atoms with Crippen molar-refractivity contribution >= 4 is 6.03 Å². The lowest BCUT2D eigenvalue weighted by Gasteiger charge is -2.25. The number of carbonyl (C=O) groups excluding carboxylic acids is 1. The number of aliphatic hydroxyl groups is 1. The van der Waals surface area contributed by atoms with Gasteiger partial charge in [-0.15, -0.1) is 0 Å². The van der Waals surface area contributed by atoms with Gasteiger partial charge in [0.2, 0.25) is 0 Å². The molecular weight excluding hydrogens is 196 g/mol. The van der Waals surface area contributed by atoms with E-state index in [1.165, 1.54) is 0 Å². The molecule has 1 aromatic rings. The summed E-state index contributed by atoms with van der Waals surface area (Å²) in [5.41, 5.74) is 7.18. The summed E-state index contributed by atoms with van der Waals surface area (Å²) in [6, 6.07) is -0.405. The third-order valence-corrected chi connectivity index (χ3v) is 2.64. The maximum absolute atomic E-state index is 11.0. The van der Waals surface area contributed by atoms with Crippen molar-refractivity contribution in [2.24, 2.45) is 5.73 Å². The number of aromatic nitrogens is 2. The number of primary amides is 1. The number of imidazole rings is 1. The first-order valence-electron chi connectivity index (χ1n) is 4.90. The Bertz CT molecular complexity index is 374. The fourth-order valence-corrected chi connectivity index (χ4v) is 1.86. The highest BCUT2D eigenvalue weighted by Crippen LogP contribution is 2.17. The van der Waals surface area contributed by atoms with Crippen molar-refractivity contribution < 1.29 is 9.90 Å². The van der Waals surface area contributed by atoms with Crippen molar-refractivity contribution in [3.8, 4) is 0 Å². The van der Waals surface area contributed by atoms with E-state index in [0.717, 1.165) is 17.8 Å². The number of hydrogen-bond donors (Lipinski definition) is 2. The van der Waals surface area contributed by atoms with Crippen molar-refractivity contribution in [1.82, 2.24) is 14.5 Å². The summed E-state index contributed by atoms with van der Waals surface area (Å²) in [4.78, 5) is 16.7. The Morgan fingerprint density at radius 2 is 2.47 bits per heavy atom. The van der Waals surface area contributed by atoms with E-state index in [2.05, 4.69) is 4.98 Å². The number of hydrogen-bond acceptors (Lipinski definition) is 3. The van der Waals surface area contributed by atoms with Gasteiger partial charge in [0.15, 0.2) is 0 Å². The van der Waals surface area contributed by atoms with Crippen LogP contribution in [0.3, 0.4) is 0 Å². The first kappa shape index (κ1) is 9.97. The Morgan fingerprint density at radius 1 is 1.67 bits per heavy atom. The lowest BCUT2D eigenvalue weighted by molar-refractivity contribution is 0.200. The Hall–Kier alpha value is -1.56. The number of nitrogens with zero attached hydrogens (tertiary/aromatic N) is 3. The molecule has 1 aliphatic rings. The van der Waals surface area contributed by atoms with Crippen LogP contribution in [0.1, 0.15) is 11.4 Å². The molecule has 6 nitrogen and oxygen atoms in total. The standard InChI is InChI=1S/C9H14N4O2/c10-9(15)12-2-1-8-7(5-12)11-6-13(8)3-4-14/h6,14H,1-5H2,(H2,10,15). The van der Waals surface area contributed by atoms with Crippen LogP contribution in [0, 0.1) is 0 Å². The largest absolute Gasteiger partial charge is 0.395 e. The third kappa shape index (κ3) is 1.80. The lowest BCUT2D eigenvalue weighted by Crippen LogP contribution is -2.39. The Kier molecular flexibility index (Phi) is 2.59. The molecule has 0 spiro atoms. The maximum atomic E-state index is 11.0. The second-order valence-corrected chi connectivity index (χ2v) is 3.56. The number of carbonyl (C=O) groups is 1. The first-order chi connectivity index (χ1) is 7.22. The predicted octanol–water partition coefficient (Wildman–Crippen LogP) is -0.688. The van der Waals surface area contributed by atoms with Gasteiger partial charge in [-0.2, -0.15) is 0 Å². The molecule has 0 saturated carbocycles. The molecule has 15 heavy (non-hydrogen) atoms. The number of urea groups is 1. The van der Waals surface area contributed by atoms with Gasteiger partial charge < -0.3 is 20.3 Å². The molecule has 0 aromatic carbocycles. The van der Waals surface area contributed by atoms with Gasteiger partial charge in [-0.1, -0.05) is 0 Å². The van der Waals surface area contributed by atoms with Gasteiger partial charge in [0.05, 0.1) is 25.2 Å². The minimum Gasteiger partial charge on any atom is -0.395 e. The first-order valence-corrected chi connectivity index (χ1v) is 4.90. The molecule has 2 heterocycles. The van der Waals surface area contributed by atoms with Crippen molar-refractivity contribution in [3.05, 3.63) is 17.7 Å². The van der Waals surface area contributed by atoms with Crippen LogP contribution in [0.15, 0.2) is 6.33 Å². The van der Waals surface area contributed by atoms with Crippen molar-refractivity contribution in [1.29, 1.82) is 0 Å². The number of aliphatic hydroxyl groups excluding tert-OH is 1. The van der Waals surface area contributed by atoms with E-state index in [4.69, 9.17) is 10.8 Å². The van der Waals surface area contributed by atoms with Gasteiger partial charge in [0.1, 0.15) is 0 Å². The average molecular weight is 210 g/mol.